The van der Waals surface area contributed by atoms with Gasteiger partial charge in [-0.05, 0) is 19.8 Å². The molecule has 1 aromatic rings. The molecule has 0 N–H and O–H groups in total. The van der Waals surface area contributed by atoms with E-state index in [4.69, 9.17) is 0 Å². The molecule has 112 valence electrons. The van der Waals surface area contributed by atoms with E-state index in [2.05, 4.69) is 9.97 Å². The Morgan fingerprint density at radius 1 is 1.33 bits per heavy atom. The molecule has 1 spiro atoms. The highest BCUT2D eigenvalue weighted by Gasteiger charge is 2.61. The fourth-order valence-corrected chi connectivity index (χ4v) is 3.19. The number of nitrogens with zero attached hydrogens (tertiary/aromatic N) is 4. The van der Waals surface area contributed by atoms with Gasteiger partial charge in [-0.15, -0.1) is 0 Å². The number of rotatable bonds is 2. The molecule has 0 aromatic carbocycles. The minimum Gasteiger partial charge on any atom is -0.349 e. The normalized spacial score (nSPS) is 27.0. The largest absolute Gasteiger partial charge is 0.349 e. The summed E-state index contributed by atoms with van der Waals surface area (Å²) < 4.78 is 0. The van der Waals surface area contributed by atoms with Crippen LogP contribution in [0.3, 0.4) is 0 Å². The Bertz CT molecular complexity index is 584. The maximum Gasteiger partial charge on any atom is 0.274 e. The lowest BCUT2D eigenvalue weighted by Crippen LogP contribution is -2.31. The fourth-order valence-electron chi connectivity index (χ4n) is 3.19. The lowest BCUT2D eigenvalue weighted by molar-refractivity contribution is -0.130. The molecule has 1 saturated carbocycles. The molecule has 6 heteroatoms. The van der Waals surface area contributed by atoms with Gasteiger partial charge in [0, 0.05) is 44.7 Å². The van der Waals surface area contributed by atoms with Gasteiger partial charge in [-0.1, -0.05) is 0 Å². The molecule has 1 saturated heterocycles. The lowest BCUT2D eigenvalue weighted by Gasteiger charge is -2.17. The number of amides is 2. The summed E-state index contributed by atoms with van der Waals surface area (Å²) in [6, 6.07) is 0. The summed E-state index contributed by atoms with van der Waals surface area (Å²) in [4.78, 5) is 36.2. The molecular formula is C15H20N4O2. The molecule has 1 aromatic heterocycles. The number of carbonyl (C=O) groups is 2. The molecule has 2 amide bonds. The van der Waals surface area contributed by atoms with E-state index in [9.17, 15) is 9.59 Å². The number of aryl methyl sites for hydroxylation is 1. The zero-order valence-corrected chi connectivity index (χ0v) is 12.7. The minimum absolute atomic E-state index is 0.00907. The van der Waals surface area contributed by atoms with Crippen molar-refractivity contribution in [3.63, 3.8) is 0 Å². The molecule has 0 unspecified atom stereocenters. The van der Waals surface area contributed by atoms with Crippen LogP contribution in [-0.2, 0) is 4.79 Å². The van der Waals surface area contributed by atoms with Crippen molar-refractivity contribution in [3.05, 3.63) is 23.8 Å². The Hall–Kier alpha value is -1.98. The summed E-state index contributed by atoms with van der Waals surface area (Å²) in [7, 11) is 3.57. The Labute approximate surface area is 124 Å². The van der Waals surface area contributed by atoms with Gasteiger partial charge < -0.3 is 9.80 Å². The van der Waals surface area contributed by atoms with Crippen LogP contribution >= 0.6 is 0 Å². The van der Waals surface area contributed by atoms with Crippen LogP contribution in [0.25, 0.3) is 0 Å². The SMILES string of the molecule is Cc1cnc(C(=O)N2CC[C@]3(C[C@@H]3C(=O)N(C)C)C2)cn1. The second-order valence-electron chi connectivity index (χ2n) is 6.37. The molecule has 2 atom stereocenters. The Balaban J connectivity index is 1.67. The maximum absolute atomic E-state index is 12.4. The molecule has 2 fully saturated rings. The summed E-state index contributed by atoms with van der Waals surface area (Å²) in [5, 5.41) is 0. The first-order valence-corrected chi connectivity index (χ1v) is 7.22. The molecule has 0 bridgehead atoms. The Morgan fingerprint density at radius 2 is 2.10 bits per heavy atom. The van der Waals surface area contributed by atoms with E-state index in [1.54, 1.807) is 25.2 Å². The average Bonchev–Trinajstić information content (AvgIpc) is 2.98. The van der Waals surface area contributed by atoms with Crippen molar-refractivity contribution in [2.45, 2.75) is 19.8 Å². The summed E-state index contributed by atoms with van der Waals surface area (Å²) in [5.41, 5.74) is 1.19. The van der Waals surface area contributed by atoms with Gasteiger partial charge in [0.1, 0.15) is 5.69 Å². The van der Waals surface area contributed by atoms with E-state index >= 15 is 0 Å². The van der Waals surface area contributed by atoms with Crippen LogP contribution in [-0.4, -0.2) is 58.8 Å². The zero-order valence-electron chi connectivity index (χ0n) is 12.7. The highest BCUT2D eigenvalue weighted by atomic mass is 16.2. The summed E-state index contributed by atoms with van der Waals surface area (Å²) in [5.74, 6) is 0.177. The van der Waals surface area contributed by atoms with Gasteiger partial charge in [0.2, 0.25) is 5.91 Å². The highest BCUT2D eigenvalue weighted by molar-refractivity contribution is 5.92. The average molecular weight is 288 g/mol. The third kappa shape index (κ3) is 2.39. The van der Waals surface area contributed by atoms with Crippen LogP contribution in [0.4, 0.5) is 0 Å². The number of hydrogen-bond donors (Lipinski definition) is 0. The monoisotopic (exact) mass is 288 g/mol. The smallest absolute Gasteiger partial charge is 0.274 e. The number of carbonyl (C=O) groups excluding carboxylic acids is 2. The minimum atomic E-state index is -0.0812. The van der Waals surface area contributed by atoms with Gasteiger partial charge >= 0.3 is 0 Å². The molecule has 6 nitrogen and oxygen atoms in total. The van der Waals surface area contributed by atoms with Crippen molar-refractivity contribution < 1.29 is 9.59 Å². The van der Waals surface area contributed by atoms with E-state index in [0.717, 1.165) is 18.5 Å². The molecular weight excluding hydrogens is 268 g/mol. The van der Waals surface area contributed by atoms with Gasteiger partial charge in [0.25, 0.3) is 5.91 Å². The van der Waals surface area contributed by atoms with E-state index < -0.39 is 0 Å². The van der Waals surface area contributed by atoms with E-state index in [0.29, 0.717) is 18.8 Å². The van der Waals surface area contributed by atoms with Crippen molar-refractivity contribution in [3.8, 4) is 0 Å². The van der Waals surface area contributed by atoms with Crippen LogP contribution in [0.15, 0.2) is 12.4 Å². The van der Waals surface area contributed by atoms with Crippen molar-refractivity contribution in [2.75, 3.05) is 27.2 Å². The first-order chi connectivity index (χ1) is 9.93. The third-order valence-electron chi connectivity index (χ3n) is 4.60. The quantitative estimate of drug-likeness (QED) is 0.804. The van der Waals surface area contributed by atoms with Crippen molar-refractivity contribution in [1.29, 1.82) is 0 Å². The number of hydrogen-bond acceptors (Lipinski definition) is 4. The van der Waals surface area contributed by atoms with Gasteiger partial charge in [-0.25, -0.2) is 4.98 Å². The van der Waals surface area contributed by atoms with Crippen molar-refractivity contribution >= 4 is 11.8 Å². The molecule has 1 aliphatic carbocycles. The van der Waals surface area contributed by atoms with Crippen LogP contribution in [0.1, 0.15) is 29.0 Å². The number of aromatic nitrogens is 2. The van der Waals surface area contributed by atoms with Crippen molar-refractivity contribution in [2.24, 2.45) is 11.3 Å². The second kappa shape index (κ2) is 4.79. The van der Waals surface area contributed by atoms with Gasteiger partial charge in [-0.3, -0.25) is 14.6 Å². The molecule has 21 heavy (non-hydrogen) atoms. The molecule has 2 aliphatic rings. The molecule has 1 aliphatic heterocycles. The zero-order chi connectivity index (χ0) is 15.2. The first-order valence-electron chi connectivity index (χ1n) is 7.22. The molecule has 3 rings (SSSR count). The summed E-state index contributed by atoms with van der Waals surface area (Å²) in [6.45, 7) is 3.20. The Morgan fingerprint density at radius 3 is 2.71 bits per heavy atom. The van der Waals surface area contributed by atoms with E-state index in [-0.39, 0.29) is 23.1 Å². The first kappa shape index (κ1) is 14.0. The van der Waals surface area contributed by atoms with E-state index in [1.807, 2.05) is 11.8 Å². The molecule has 0 radical (unpaired) electrons. The standard InChI is InChI=1S/C15H20N4O2/c1-10-7-17-12(8-16-10)14(21)19-5-4-15(9-19)6-11(15)13(20)18(2)3/h7-8,11H,4-6,9H2,1-3H3/t11-,15+/m1/s1. The predicted octanol–water partition coefficient (Wildman–Crippen LogP) is 0.725. The van der Waals surface area contributed by atoms with Gasteiger partial charge in [-0.2, -0.15) is 0 Å². The Kier molecular flexibility index (Phi) is 3.19. The predicted molar refractivity (Wildman–Crippen MR) is 76.5 cm³/mol. The van der Waals surface area contributed by atoms with Crippen LogP contribution < -0.4 is 0 Å². The molecule has 2 heterocycles. The summed E-state index contributed by atoms with van der Waals surface area (Å²) >= 11 is 0. The topological polar surface area (TPSA) is 66.4 Å². The van der Waals surface area contributed by atoms with Gasteiger partial charge in [0.05, 0.1) is 11.9 Å². The fraction of sp³-hybridized carbons (Fsp3) is 0.600. The maximum atomic E-state index is 12.4. The number of likely N-dealkylation sites (tertiary alicyclic amines) is 1. The summed E-state index contributed by atoms with van der Waals surface area (Å²) in [6.07, 6.45) is 4.93. The van der Waals surface area contributed by atoms with Gasteiger partial charge in [0.15, 0.2) is 0 Å². The van der Waals surface area contributed by atoms with Crippen LogP contribution in [0, 0.1) is 18.3 Å². The second-order valence-corrected chi connectivity index (χ2v) is 6.37. The third-order valence-corrected chi connectivity index (χ3v) is 4.60. The lowest BCUT2D eigenvalue weighted by atomic mass is 10.0. The van der Waals surface area contributed by atoms with Crippen LogP contribution in [0.5, 0.6) is 0 Å². The van der Waals surface area contributed by atoms with Crippen molar-refractivity contribution in [1.82, 2.24) is 19.8 Å². The van der Waals surface area contributed by atoms with Crippen LogP contribution in [0.2, 0.25) is 0 Å². The highest BCUT2D eigenvalue weighted by Crippen LogP contribution is 2.59. The van der Waals surface area contributed by atoms with E-state index in [1.165, 1.54) is 6.20 Å².